The molecule has 1 N–H and O–H groups in total. The van der Waals surface area contributed by atoms with Gasteiger partial charge >= 0.3 is 0 Å². The molecule has 19 heavy (non-hydrogen) atoms. The fraction of sp³-hybridized carbons (Fsp3) is 0.533. The van der Waals surface area contributed by atoms with E-state index in [1.54, 1.807) is 0 Å². The first-order valence-corrected chi connectivity index (χ1v) is 7.53. The number of hydrogen-bond acceptors (Lipinski definition) is 3. The van der Waals surface area contributed by atoms with Crippen molar-refractivity contribution in [1.29, 1.82) is 5.26 Å². The summed E-state index contributed by atoms with van der Waals surface area (Å²) in [4.78, 5) is 0. The standard InChI is InChI=1S/C15H19BrN2O/c1-2-3-14-10-15(11-17,8-9-19-14)18-13-6-4-12(16)5-7-13/h4-7,14,18H,2-3,8-10H2,1H3. The molecule has 2 unspecified atom stereocenters. The van der Waals surface area contributed by atoms with E-state index in [2.05, 4.69) is 34.2 Å². The number of ether oxygens (including phenoxy) is 1. The lowest BCUT2D eigenvalue weighted by atomic mass is 9.86. The second-order valence-corrected chi connectivity index (χ2v) is 5.98. The van der Waals surface area contributed by atoms with Gasteiger partial charge in [-0.1, -0.05) is 29.3 Å². The van der Waals surface area contributed by atoms with E-state index in [0.29, 0.717) is 6.61 Å². The van der Waals surface area contributed by atoms with Crippen LogP contribution in [0.5, 0.6) is 0 Å². The van der Waals surface area contributed by atoms with Gasteiger partial charge in [0.2, 0.25) is 0 Å². The van der Waals surface area contributed by atoms with Crippen LogP contribution >= 0.6 is 15.9 Å². The van der Waals surface area contributed by atoms with Gasteiger partial charge in [0.1, 0.15) is 5.54 Å². The summed E-state index contributed by atoms with van der Waals surface area (Å²) in [5.41, 5.74) is 0.494. The molecule has 0 aromatic heterocycles. The smallest absolute Gasteiger partial charge is 0.130 e. The van der Waals surface area contributed by atoms with Gasteiger partial charge in [-0.05, 0) is 30.7 Å². The van der Waals surface area contributed by atoms with Crippen molar-refractivity contribution in [2.75, 3.05) is 11.9 Å². The van der Waals surface area contributed by atoms with E-state index >= 15 is 0 Å². The number of nitriles is 1. The Hall–Kier alpha value is -1.05. The van der Waals surface area contributed by atoms with Crippen molar-refractivity contribution in [3.8, 4) is 6.07 Å². The highest BCUT2D eigenvalue weighted by atomic mass is 79.9. The highest BCUT2D eigenvalue weighted by Gasteiger charge is 2.36. The molecule has 4 heteroatoms. The van der Waals surface area contributed by atoms with Gasteiger partial charge in [-0.15, -0.1) is 0 Å². The van der Waals surface area contributed by atoms with Crippen LogP contribution in [0, 0.1) is 11.3 Å². The van der Waals surface area contributed by atoms with E-state index in [1.165, 1.54) is 0 Å². The summed E-state index contributed by atoms with van der Waals surface area (Å²) in [5, 5.41) is 13.0. The number of nitrogens with zero attached hydrogens (tertiary/aromatic N) is 1. The Bertz CT molecular complexity index is 452. The maximum atomic E-state index is 9.57. The molecule has 1 aliphatic heterocycles. The second-order valence-electron chi connectivity index (χ2n) is 5.06. The van der Waals surface area contributed by atoms with Gasteiger partial charge in [0.05, 0.1) is 18.8 Å². The van der Waals surface area contributed by atoms with Crippen molar-refractivity contribution in [2.45, 2.75) is 44.2 Å². The van der Waals surface area contributed by atoms with E-state index in [-0.39, 0.29) is 6.10 Å². The van der Waals surface area contributed by atoms with E-state index in [1.807, 2.05) is 24.3 Å². The molecule has 0 amide bonds. The Labute approximate surface area is 123 Å². The lowest BCUT2D eigenvalue weighted by Gasteiger charge is -2.37. The normalized spacial score (nSPS) is 26.7. The zero-order chi connectivity index (χ0) is 13.7. The molecule has 1 heterocycles. The highest BCUT2D eigenvalue weighted by molar-refractivity contribution is 9.10. The fourth-order valence-electron chi connectivity index (χ4n) is 2.51. The molecule has 2 atom stereocenters. The Kier molecular flexibility index (Phi) is 4.84. The number of halogens is 1. The molecule has 1 aliphatic rings. The summed E-state index contributed by atoms with van der Waals surface area (Å²) in [7, 11) is 0. The quantitative estimate of drug-likeness (QED) is 0.907. The Balaban J connectivity index is 2.09. The van der Waals surface area contributed by atoms with Crippen LogP contribution in [-0.2, 0) is 4.74 Å². The molecule has 102 valence electrons. The van der Waals surface area contributed by atoms with Crippen molar-refractivity contribution in [3.63, 3.8) is 0 Å². The molecule has 1 aromatic rings. The lowest BCUT2D eigenvalue weighted by molar-refractivity contribution is -0.00613. The van der Waals surface area contributed by atoms with Crippen molar-refractivity contribution in [2.24, 2.45) is 0 Å². The zero-order valence-electron chi connectivity index (χ0n) is 11.2. The summed E-state index contributed by atoms with van der Waals surface area (Å²) in [6, 6.07) is 10.4. The van der Waals surface area contributed by atoms with Gasteiger partial charge in [0.25, 0.3) is 0 Å². The molecule has 2 rings (SSSR count). The van der Waals surface area contributed by atoms with Crippen LogP contribution in [0.25, 0.3) is 0 Å². The van der Waals surface area contributed by atoms with E-state index in [9.17, 15) is 5.26 Å². The highest BCUT2D eigenvalue weighted by Crippen LogP contribution is 2.30. The molecular weight excluding hydrogens is 304 g/mol. The van der Waals surface area contributed by atoms with Gasteiger partial charge in [-0.25, -0.2) is 0 Å². The van der Waals surface area contributed by atoms with Crippen LogP contribution in [0.1, 0.15) is 32.6 Å². The van der Waals surface area contributed by atoms with Crippen molar-refractivity contribution in [3.05, 3.63) is 28.7 Å². The first kappa shape index (κ1) is 14.4. The van der Waals surface area contributed by atoms with E-state index in [0.717, 1.165) is 35.8 Å². The Morgan fingerprint density at radius 1 is 1.47 bits per heavy atom. The molecular formula is C15H19BrN2O. The van der Waals surface area contributed by atoms with Crippen LogP contribution in [0.2, 0.25) is 0 Å². The average molecular weight is 323 g/mol. The van der Waals surface area contributed by atoms with Crippen molar-refractivity contribution >= 4 is 21.6 Å². The first-order valence-electron chi connectivity index (χ1n) is 6.74. The summed E-state index contributed by atoms with van der Waals surface area (Å²) >= 11 is 3.42. The molecule has 0 bridgehead atoms. The zero-order valence-corrected chi connectivity index (χ0v) is 12.7. The molecule has 1 aromatic carbocycles. The summed E-state index contributed by atoms with van der Waals surface area (Å²) in [6.07, 6.45) is 3.80. The molecule has 1 fully saturated rings. The lowest BCUT2D eigenvalue weighted by Crippen LogP contribution is -2.45. The van der Waals surface area contributed by atoms with Gasteiger partial charge in [0.15, 0.2) is 0 Å². The SMILES string of the molecule is CCCC1CC(C#N)(Nc2ccc(Br)cc2)CCO1. The van der Waals surface area contributed by atoms with E-state index < -0.39 is 5.54 Å². The molecule has 0 radical (unpaired) electrons. The minimum Gasteiger partial charge on any atom is -0.378 e. The third-order valence-electron chi connectivity index (χ3n) is 3.51. The minimum absolute atomic E-state index is 0.196. The maximum Gasteiger partial charge on any atom is 0.130 e. The number of nitrogens with one attached hydrogen (secondary N) is 1. The molecule has 0 spiro atoms. The van der Waals surface area contributed by atoms with Gasteiger partial charge in [-0.2, -0.15) is 5.26 Å². The van der Waals surface area contributed by atoms with Crippen LogP contribution in [0.15, 0.2) is 28.7 Å². The van der Waals surface area contributed by atoms with Crippen molar-refractivity contribution < 1.29 is 4.74 Å². The Morgan fingerprint density at radius 2 is 2.21 bits per heavy atom. The third-order valence-corrected chi connectivity index (χ3v) is 4.04. The Morgan fingerprint density at radius 3 is 2.84 bits per heavy atom. The first-order chi connectivity index (χ1) is 9.17. The predicted octanol–water partition coefficient (Wildman–Crippen LogP) is 4.10. The summed E-state index contributed by atoms with van der Waals surface area (Å²) in [6.45, 7) is 2.80. The summed E-state index contributed by atoms with van der Waals surface area (Å²) in [5.74, 6) is 0. The van der Waals surface area contributed by atoms with Gasteiger partial charge in [-0.3, -0.25) is 0 Å². The van der Waals surface area contributed by atoms with Crippen molar-refractivity contribution in [1.82, 2.24) is 0 Å². The molecule has 0 aliphatic carbocycles. The number of rotatable bonds is 4. The van der Waals surface area contributed by atoms with Crippen LogP contribution < -0.4 is 5.32 Å². The van der Waals surface area contributed by atoms with Crippen LogP contribution in [0.4, 0.5) is 5.69 Å². The van der Waals surface area contributed by atoms with Crippen LogP contribution in [0.3, 0.4) is 0 Å². The number of benzene rings is 1. The third kappa shape index (κ3) is 3.71. The number of anilines is 1. The topological polar surface area (TPSA) is 45.0 Å². The predicted molar refractivity (Wildman–Crippen MR) is 80.0 cm³/mol. The molecule has 3 nitrogen and oxygen atoms in total. The largest absolute Gasteiger partial charge is 0.378 e. The monoisotopic (exact) mass is 322 g/mol. The van der Waals surface area contributed by atoms with E-state index in [4.69, 9.17) is 4.74 Å². The second kappa shape index (κ2) is 6.40. The number of hydrogen-bond donors (Lipinski definition) is 1. The van der Waals surface area contributed by atoms with Gasteiger partial charge < -0.3 is 10.1 Å². The minimum atomic E-state index is -0.494. The maximum absolute atomic E-state index is 9.57. The molecule has 0 saturated carbocycles. The average Bonchev–Trinajstić information content (AvgIpc) is 2.42. The summed E-state index contributed by atoms with van der Waals surface area (Å²) < 4.78 is 6.78. The molecule has 1 saturated heterocycles. The van der Waals surface area contributed by atoms with Crippen LogP contribution in [-0.4, -0.2) is 18.2 Å². The fourth-order valence-corrected chi connectivity index (χ4v) is 2.77. The van der Waals surface area contributed by atoms with Gasteiger partial charge in [0, 0.05) is 23.0 Å².